The molecule has 0 fully saturated rings. The van der Waals surface area contributed by atoms with Crippen molar-refractivity contribution >= 4 is 40.5 Å². The molecule has 1 amide bonds. The Morgan fingerprint density at radius 1 is 0.978 bits per heavy atom. The van der Waals surface area contributed by atoms with E-state index in [0.29, 0.717) is 34.0 Å². The summed E-state index contributed by atoms with van der Waals surface area (Å²) in [6.07, 6.45) is 7.56. The number of carbonyl (C=O) groups is 2. The summed E-state index contributed by atoms with van der Waals surface area (Å²) in [5.41, 5.74) is 1.98. The summed E-state index contributed by atoms with van der Waals surface area (Å²) in [6.45, 7) is 0.0537. The van der Waals surface area contributed by atoms with Crippen LogP contribution in [-0.2, 0) is 11.3 Å². The van der Waals surface area contributed by atoms with Crippen LogP contribution in [0.5, 0.6) is 5.75 Å². The molecule has 13 heteroatoms. The van der Waals surface area contributed by atoms with Gasteiger partial charge in [0.05, 0.1) is 32.6 Å². The fraction of sp³-hybridized carbons (Fsp3) is 0.125. The summed E-state index contributed by atoms with van der Waals surface area (Å²) in [4.78, 5) is 50.2. The summed E-state index contributed by atoms with van der Waals surface area (Å²) in [7, 11) is 2.75. The maximum Gasteiger partial charge on any atom is 0.341 e. The third-order valence-electron chi connectivity index (χ3n) is 6.64. The quantitative estimate of drug-likeness (QED) is 0.219. The fourth-order valence-corrected chi connectivity index (χ4v) is 4.39. The van der Waals surface area contributed by atoms with Crippen molar-refractivity contribution in [3.05, 3.63) is 124 Å². The van der Waals surface area contributed by atoms with E-state index in [1.165, 1.54) is 26.6 Å². The second kappa shape index (κ2) is 13.5. The van der Waals surface area contributed by atoms with Crippen LogP contribution >= 0.6 is 0 Å². The van der Waals surface area contributed by atoms with Crippen LogP contribution in [0.15, 0.2) is 84.2 Å². The Balaban J connectivity index is 1.20. The largest absolute Gasteiger partial charge is 0.496 e. The number of methoxy groups -OCH3 is 2. The summed E-state index contributed by atoms with van der Waals surface area (Å²) in [6, 6.07) is 13.8. The van der Waals surface area contributed by atoms with Crippen LogP contribution in [-0.4, -0.2) is 52.2 Å². The van der Waals surface area contributed by atoms with Crippen LogP contribution in [0.1, 0.15) is 31.8 Å². The van der Waals surface area contributed by atoms with Crippen LogP contribution in [0.4, 0.5) is 20.4 Å². The molecule has 5 aromatic rings. The first kappa shape index (κ1) is 30.5. The van der Waals surface area contributed by atoms with Gasteiger partial charge in [0.15, 0.2) is 11.6 Å². The number of hydrogen-bond acceptors (Lipinski definition) is 9. The average Bonchev–Trinajstić information content (AvgIpc) is 3.05. The van der Waals surface area contributed by atoms with Crippen LogP contribution in [0.2, 0.25) is 0 Å². The number of anilines is 2. The maximum absolute atomic E-state index is 13.5. The van der Waals surface area contributed by atoms with Gasteiger partial charge in [0.2, 0.25) is 5.95 Å². The molecule has 5 rings (SSSR count). The summed E-state index contributed by atoms with van der Waals surface area (Å²) in [5, 5.41) is 6.52. The minimum absolute atomic E-state index is 0.0772. The number of rotatable bonds is 10. The molecule has 11 nitrogen and oxygen atoms in total. The van der Waals surface area contributed by atoms with Crippen molar-refractivity contribution in [1.82, 2.24) is 24.8 Å². The van der Waals surface area contributed by atoms with Gasteiger partial charge in [-0.1, -0.05) is 24.3 Å². The molecule has 0 spiro atoms. The lowest BCUT2D eigenvalue weighted by atomic mass is 10.1. The molecule has 0 aliphatic carbocycles. The number of hydrogen-bond donors (Lipinski definition) is 2. The summed E-state index contributed by atoms with van der Waals surface area (Å²) < 4.78 is 38.0. The third kappa shape index (κ3) is 7.16. The number of amides is 1. The second-order valence-electron chi connectivity index (χ2n) is 9.64. The number of benzene rings is 3. The first-order valence-corrected chi connectivity index (χ1v) is 13.5. The summed E-state index contributed by atoms with van der Waals surface area (Å²) >= 11 is 0. The topological polar surface area (TPSA) is 137 Å². The average molecular weight is 613 g/mol. The zero-order valence-electron chi connectivity index (χ0n) is 24.1. The molecule has 45 heavy (non-hydrogen) atoms. The summed E-state index contributed by atoms with van der Waals surface area (Å²) in [5.74, 6) is -2.46. The lowest BCUT2D eigenvalue weighted by Crippen LogP contribution is -2.33. The molecule has 0 unspecified atom stereocenters. The van der Waals surface area contributed by atoms with Crippen molar-refractivity contribution in [2.24, 2.45) is 0 Å². The highest BCUT2D eigenvalue weighted by Gasteiger charge is 2.15. The highest BCUT2D eigenvalue weighted by Crippen LogP contribution is 2.26. The van der Waals surface area contributed by atoms with E-state index in [2.05, 4.69) is 25.6 Å². The Morgan fingerprint density at radius 3 is 2.60 bits per heavy atom. The molecule has 2 heterocycles. The predicted molar refractivity (Wildman–Crippen MR) is 162 cm³/mol. The fourth-order valence-electron chi connectivity index (χ4n) is 4.39. The van der Waals surface area contributed by atoms with Gasteiger partial charge in [-0.15, -0.1) is 0 Å². The standard InChI is InChI=1S/C32H26F2N6O5/c1-44-28-14-22(7-8-23(28)31(43)45-2)38-32-37-15-21-12-19(6-10-27(21)39-32)4-3-11-36-29(41)24-16-35-18-40(30(24)42)17-20-5-9-25(33)26(34)13-20/h3-10,12-16,18H,11,17H2,1-2H3,(H,36,41)(H,37,38,39)/b4-3+. The molecular weight excluding hydrogens is 586 g/mol. The minimum Gasteiger partial charge on any atom is -0.496 e. The molecule has 0 radical (unpaired) electrons. The van der Waals surface area contributed by atoms with Gasteiger partial charge in [0.1, 0.15) is 16.9 Å². The molecule has 2 N–H and O–H groups in total. The van der Waals surface area contributed by atoms with E-state index in [-0.39, 0.29) is 18.7 Å². The van der Waals surface area contributed by atoms with Gasteiger partial charge >= 0.3 is 5.97 Å². The number of ether oxygens (including phenoxy) is 2. The van der Waals surface area contributed by atoms with E-state index in [9.17, 15) is 23.2 Å². The molecule has 0 aliphatic heterocycles. The molecule has 0 aliphatic rings. The maximum atomic E-state index is 13.5. The van der Waals surface area contributed by atoms with Crippen molar-refractivity contribution in [1.29, 1.82) is 0 Å². The Kier molecular flexibility index (Phi) is 9.17. The number of esters is 1. The zero-order chi connectivity index (χ0) is 31.9. The Labute approximate surface area is 255 Å². The van der Waals surface area contributed by atoms with Crippen molar-refractivity contribution in [2.45, 2.75) is 6.54 Å². The normalized spacial score (nSPS) is 11.0. The lowest BCUT2D eigenvalue weighted by Gasteiger charge is -2.10. The molecule has 0 bridgehead atoms. The van der Waals surface area contributed by atoms with Gasteiger partial charge in [-0.3, -0.25) is 14.2 Å². The van der Waals surface area contributed by atoms with E-state index >= 15 is 0 Å². The van der Waals surface area contributed by atoms with Gasteiger partial charge in [0, 0.05) is 36.1 Å². The Bertz CT molecular complexity index is 2000. The molecule has 3 aromatic carbocycles. The number of nitrogens with zero attached hydrogens (tertiary/aromatic N) is 4. The minimum atomic E-state index is -1.03. The van der Waals surface area contributed by atoms with E-state index in [4.69, 9.17) is 9.47 Å². The number of aromatic nitrogens is 4. The SMILES string of the molecule is COC(=O)c1ccc(Nc2ncc3cc(/C=C/CNC(=O)c4cncn(Cc5ccc(F)c(F)c5)c4=O)ccc3n2)cc1OC. The van der Waals surface area contributed by atoms with Crippen LogP contribution in [0.3, 0.4) is 0 Å². The smallest absolute Gasteiger partial charge is 0.341 e. The van der Waals surface area contributed by atoms with Gasteiger partial charge in [-0.25, -0.2) is 28.5 Å². The van der Waals surface area contributed by atoms with E-state index in [0.717, 1.165) is 33.8 Å². The van der Waals surface area contributed by atoms with Gasteiger partial charge in [-0.05, 0) is 47.5 Å². The zero-order valence-corrected chi connectivity index (χ0v) is 24.1. The van der Waals surface area contributed by atoms with E-state index in [1.54, 1.807) is 36.5 Å². The number of halogens is 2. The first-order valence-electron chi connectivity index (χ1n) is 13.5. The highest BCUT2D eigenvalue weighted by molar-refractivity contribution is 5.94. The molecule has 0 saturated heterocycles. The Morgan fingerprint density at radius 2 is 1.82 bits per heavy atom. The third-order valence-corrected chi connectivity index (χ3v) is 6.64. The van der Waals surface area contributed by atoms with Crippen molar-refractivity contribution in [3.63, 3.8) is 0 Å². The monoisotopic (exact) mass is 612 g/mol. The molecule has 0 atom stereocenters. The second-order valence-corrected chi connectivity index (χ2v) is 9.64. The van der Waals surface area contributed by atoms with Gasteiger partial charge in [-0.2, -0.15) is 0 Å². The van der Waals surface area contributed by atoms with Crippen molar-refractivity contribution in [3.8, 4) is 5.75 Å². The van der Waals surface area contributed by atoms with E-state index in [1.807, 2.05) is 18.2 Å². The Hall–Kier alpha value is -5.98. The first-order chi connectivity index (χ1) is 21.7. The van der Waals surface area contributed by atoms with Crippen LogP contribution < -0.4 is 20.9 Å². The molecule has 2 aromatic heterocycles. The molecule has 228 valence electrons. The molecular formula is C32H26F2N6O5. The predicted octanol–water partition coefficient (Wildman–Crippen LogP) is 4.50. The van der Waals surface area contributed by atoms with Crippen molar-refractivity contribution < 1.29 is 27.8 Å². The van der Waals surface area contributed by atoms with Crippen LogP contribution in [0.25, 0.3) is 17.0 Å². The van der Waals surface area contributed by atoms with Gasteiger partial charge < -0.3 is 20.1 Å². The van der Waals surface area contributed by atoms with Gasteiger partial charge in [0.25, 0.3) is 11.5 Å². The molecule has 0 saturated carbocycles. The highest BCUT2D eigenvalue weighted by atomic mass is 19.2. The van der Waals surface area contributed by atoms with Crippen molar-refractivity contribution in [2.75, 3.05) is 26.1 Å². The van der Waals surface area contributed by atoms with Crippen LogP contribution in [0, 0.1) is 11.6 Å². The number of nitrogens with one attached hydrogen (secondary N) is 2. The number of carbonyl (C=O) groups excluding carboxylic acids is 2. The van der Waals surface area contributed by atoms with E-state index < -0.39 is 29.1 Å². The lowest BCUT2D eigenvalue weighted by molar-refractivity contribution is 0.0597. The number of fused-ring (bicyclic) bond motifs is 1.